The molecule has 1 amide bonds. The van der Waals surface area contributed by atoms with Crippen LogP contribution in [0.3, 0.4) is 0 Å². The monoisotopic (exact) mass is 306 g/mol. The molecule has 0 spiro atoms. The molecule has 0 aromatic heterocycles. The van der Waals surface area contributed by atoms with E-state index in [1.165, 1.54) is 4.90 Å². The van der Waals surface area contributed by atoms with Gasteiger partial charge in [0, 0.05) is 25.3 Å². The van der Waals surface area contributed by atoms with Crippen LogP contribution in [0.5, 0.6) is 0 Å². The molecule has 6 nitrogen and oxygen atoms in total. The number of carbonyl (C=O) groups excluding carboxylic acids is 3. The van der Waals surface area contributed by atoms with Gasteiger partial charge in [0.2, 0.25) is 5.91 Å². The molecule has 0 aromatic carbocycles. The summed E-state index contributed by atoms with van der Waals surface area (Å²) >= 11 is 0. The summed E-state index contributed by atoms with van der Waals surface area (Å²) in [6, 6.07) is 1.71. The molecule has 1 saturated heterocycles. The van der Waals surface area contributed by atoms with E-state index >= 15 is 0 Å². The lowest BCUT2D eigenvalue weighted by Gasteiger charge is -2.23. The van der Waals surface area contributed by atoms with Gasteiger partial charge in [0.1, 0.15) is 18.4 Å². The molecule has 1 rings (SSSR count). The highest BCUT2D eigenvalue weighted by Crippen LogP contribution is 2.22. The lowest BCUT2D eigenvalue weighted by atomic mass is 9.94. The molecule has 0 aromatic rings. The van der Waals surface area contributed by atoms with Crippen molar-refractivity contribution in [3.05, 3.63) is 12.7 Å². The Bertz CT molecular complexity index is 467. The second-order valence-corrected chi connectivity index (χ2v) is 5.34. The van der Waals surface area contributed by atoms with Crippen LogP contribution in [0, 0.1) is 17.2 Å². The lowest BCUT2D eigenvalue weighted by Crippen LogP contribution is -2.40. The van der Waals surface area contributed by atoms with Gasteiger partial charge in [-0.2, -0.15) is 5.26 Å². The Hall–Kier alpha value is -2.16. The summed E-state index contributed by atoms with van der Waals surface area (Å²) in [6.07, 6.45) is 5.24. The summed E-state index contributed by atoms with van der Waals surface area (Å²) < 4.78 is 4.68. The summed E-state index contributed by atoms with van der Waals surface area (Å²) in [6.45, 7) is 3.59. The number of allylic oxidation sites excluding steroid dienone is 1. The van der Waals surface area contributed by atoms with Gasteiger partial charge in [0.05, 0.1) is 0 Å². The highest BCUT2D eigenvalue weighted by Gasteiger charge is 2.29. The summed E-state index contributed by atoms with van der Waals surface area (Å²) in [5.41, 5.74) is 0. The van der Waals surface area contributed by atoms with Gasteiger partial charge < -0.3 is 9.64 Å². The summed E-state index contributed by atoms with van der Waals surface area (Å²) in [7, 11) is 0. The molecule has 0 bridgehead atoms. The average Bonchev–Trinajstić information content (AvgIpc) is 2.66. The molecule has 1 fully saturated rings. The van der Waals surface area contributed by atoms with Crippen molar-refractivity contribution in [3.63, 3.8) is 0 Å². The molecule has 6 heteroatoms. The molecular weight excluding hydrogens is 284 g/mol. The van der Waals surface area contributed by atoms with Crippen molar-refractivity contribution in [3.8, 4) is 6.07 Å². The Kier molecular flexibility index (Phi) is 7.90. The zero-order valence-electron chi connectivity index (χ0n) is 12.8. The Morgan fingerprint density at radius 1 is 1.45 bits per heavy atom. The number of nitriles is 1. The normalized spacial score (nSPS) is 18.2. The van der Waals surface area contributed by atoms with Crippen molar-refractivity contribution in [1.82, 2.24) is 4.90 Å². The van der Waals surface area contributed by atoms with Crippen LogP contribution in [0.4, 0.5) is 0 Å². The van der Waals surface area contributed by atoms with Crippen LogP contribution in [-0.2, 0) is 19.1 Å². The van der Waals surface area contributed by atoms with Crippen LogP contribution in [-0.4, -0.2) is 42.3 Å². The van der Waals surface area contributed by atoms with Crippen LogP contribution in [0.1, 0.15) is 38.5 Å². The van der Waals surface area contributed by atoms with E-state index in [9.17, 15) is 14.4 Å². The molecule has 0 radical (unpaired) electrons. The predicted molar refractivity (Wildman–Crippen MR) is 79.5 cm³/mol. The molecule has 0 saturated carbocycles. The van der Waals surface area contributed by atoms with E-state index in [0.717, 1.165) is 12.8 Å². The second-order valence-electron chi connectivity index (χ2n) is 5.34. The Labute approximate surface area is 130 Å². The molecule has 0 N–H and O–H groups in total. The quantitative estimate of drug-likeness (QED) is 0.502. The first-order chi connectivity index (χ1) is 10.6. The highest BCUT2D eigenvalue weighted by molar-refractivity contribution is 5.88. The van der Waals surface area contributed by atoms with Gasteiger partial charge >= 0.3 is 5.97 Å². The van der Waals surface area contributed by atoms with E-state index in [1.54, 1.807) is 12.1 Å². The van der Waals surface area contributed by atoms with E-state index in [1.807, 2.05) is 0 Å². The zero-order valence-corrected chi connectivity index (χ0v) is 12.8. The first-order valence-corrected chi connectivity index (χ1v) is 7.52. The maximum Gasteiger partial charge on any atom is 0.326 e. The van der Waals surface area contributed by atoms with E-state index in [-0.39, 0.29) is 37.2 Å². The SMILES string of the molecule is C=CCCC(=O)C[C@H]1CCCCN(CC(=O)OCC#N)C1=O. The number of ketones is 1. The van der Waals surface area contributed by atoms with E-state index in [2.05, 4.69) is 11.3 Å². The molecule has 120 valence electrons. The van der Waals surface area contributed by atoms with Crippen molar-refractivity contribution in [2.45, 2.75) is 38.5 Å². The number of ether oxygens (including phenoxy) is 1. The number of amides is 1. The number of esters is 1. The van der Waals surface area contributed by atoms with Crippen LogP contribution in [0.2, 0.25) is 0 Å². The molecule has 1 heterocycles. The number of Topliss-reactive ketones (excluding diaryl/α,β-unsaturated/α-hetero) is 1. The first-order valence-electron chi connectivity index (χ1n) is 7.52. The molecule has 1 atom stereocenters. The van der Waals surface area contributed by atoms with Crippen molar-refractivity contribution < 1.29 is 19.1 Å². The summed E-state index contributed by atoms with van der Waals surface area (Å²) in [5, 5.41) is 8.38. The van der Waals surface area contributed by atoms with Gasteiger partial charge in [-0.25, -0.2) is 0 Å². The molecule has 1 aliphatic rings. The van der Waals surface area contributed by atoms with Crippen molar-refractivity contribution >= 4 is 17.7 Å². The fourth-order valence-electron chi connectivity index (χ4n) is 2.49. The second kappa shape index (κ2) is 9.72. The molecular formula is C16H22N2O4. The van der Waals surface area contributed by atoms with E-state index in [4.69, 9.17) is 5.26 Å². The highest BCUT2D eigenvalue weighted by atomic mass is 16.5. The van der Waals surface area contributed by atoms with Crippen LogP contribution in [0.15, 0.2) is 12.7 Å². The minimum Gasteiger partial charge on any atom is -0.449 e. The number of likely N-dealkylation sites (tertiary alicyclic amines) is 1. The Morgan fingerprint density at radius 2 is 2.23 bits per heavy atom. The number of rotatable bonds is 8. The Balaban J connectivity index is 2.58. The van der Waals surface area contributed by atoms with Gasteiger partial charge in [-0.3, -0.25) is 14.4 Å². The lowest BCUT2D eigenvalue weighted by molar-refractivity contribution is -0.149. The maximum absolute atomic E-state index is 12.4. The van der Waals surface area contributed by atoms with Gasteiger partial charge in [0.15, 0.2) is 6.61 Å². The van der Waals surface area contributed by atoms with E-state index in [0.29, 0.717) is 25.8 Å². The smallest absolute Gasteiger partial charge is 0.326 e. The third kappa shape index (κ3) is 6.08. The number of nitrogens with zero attached hydrogens (tertiary/aromatic N) is 2. The Morgan fingerprint density at radius 3 is 2.91 bits per heavy atom. The van der Waals surface area contributed by atoms with Gasteiger partial charge in [-0.15, -0.1) is 6.58 Å². The minimum absolute atomic E-state index is 0.0483. The van der Waals surface area contributed by atoms with Crippen LogP contribution < -0.4 is 0 Å². The third-order valence-corrected chi connectivity index (χ3v) is 3.61. The third-order valence-electron chi connectivity index (χ3n) is 3.61. The van der Waals surface area contributed by atoms with E-state index < -0.39 is 5.97 Å². The summed E-state index contributed by atoms with van der Waals surface area (Å²) in [5.74, 6) is -1.07. The van der Waals surface area contributed by atoms with Crippen molar-refractivity contribution in [2.75, 3.05) is 19.7 Å². The topological polar surface area (TPSA) is 87.5 Å². The minimum atomic E-state index is -0.589. The summed E-state index contributed by atoms with van der Waals surface area (Å²) in [4.78, 5) is 37.3. The molecule has 0 unspecified atom stereocenters. The number of hydrogen-bond acceptors (Lipinski definition) is 5. The molecule has 0 aliphatic carbocycles. The standard InChI is InChI=1S/C16H22N2O4/c1-2-3-7-14(19)11-13-6-4-5-9-18(16(13)21)12-15(20)22-10-8-17/h2,13H,1,3-7,9-12H2/t13-/m1/s1. The number of hydrogen-bond donors (Lipinski definition) is 0. The largest absolute Gasteiger partial charge is 0.449 e. The maximum atomic E-state index is 12.4. The fraction of sp³-hybridized carbons (Fsp3) is 0.625. The number of carbonyl (C=O) groups is 3. The van der Waals surface area contributed by atoms with Crippen LogP contribution in [0.25, 0.3) is 0 Å². The van der Waals surface area contributed by atoms with Crippen molar-refractivity contribution in [2.24, 2.45) is 5.92 Å². The fourth-order valence-corrected chi connectivity index (χ4v) is 2.49. The van der Waals surface area contributed by atoms with Gasteiger partial charge in [-0.05, 0) is 19.3 Å². The molecule has 1 aliphatic heterocycles. The van der Waals surface area contributed by atoms with Crippen LogP contribution >= 0.6 is 0 Å². The average molecular weight is 306 g/mol. The first kappa shape index (κ1) is 17.9. The zero-order chi connectivity index (χ0) is 16.4. The van der Waals surface area contributed by atoms with Gasteiger partial charge in [-0.1, -0.05) is 12.5 Å². The molecule has 22 heavy (non-hydrogen) atoms. The van der Waals surface area contributed by atoms with Crippen molar-refractivity contribution in [1.29, 1.82) is 5.26 Å². The van der Waals surface area contributed by atoms with Gasteiger partial charge in [0.25, 0.3) is 0 Å². The predicted octanol–water partition coefficient (Wildman–Crippen LogP) is 1.61.